The summed E-state index contributed by atoms with van der Waals surface area (Å²) in [5.41, 5.74) is 2.85. The van der Waals surface area contributed by atoms with Gasteiger partial charge in [-0.2, -0.15) is 0 Å². The minimum Gasteiger partial charge on any atom is -0.482 e. The normalized spacial score (nSPS) is 10.6. The van der Waals surface area contributed by atoms with E-state index >= 15 is 0 Å². The Morgan fingerprint density at radius 3 is 2.75 bits per heavy atom. The first-order valence-corrected chi connectivity index (χ1v) is 6.11. The van der Waals surface area contributed by atoms with Gasteiger partial charge in [-0.1, -0.05) is 6.07 Å². The van der Waals surface area contributed by atoms with Crippen molar-refractivity contribution in [2.45, 2.75) is 0 Å². The average molecular weight is 268 g/mol. The monoisotopic (exact) mass is 268 g/mol. The second-order valence-corrected chi connectivity index (χ2v) is 4.28. The second kappa shape index (κ2) is 5.05. The Kier molecular flexibility index (Phi) is 3.09. The van der Waals surface area contributed by atoms with Gasteiger partial charge in [0.2, 0.25) is 0 Å². The molecule has 0 aliphatic heterocycles. The van der Waals surface area contributed by atoms with Crippen LogP contribution in [0.5, 0.6) is 5.75 Å². The Labute approximate surface area is 115 Å². The van der Waals surface area contributed by atoms with E-state index in [-0.39, 0.29) is 6.61 Å². The van der Waals surface area contributed by atoms with Crippen LogP contribution in [0.3, 0.4) is 0 Å². The van der Waals surface area contributed by atoms with Gasteiger partial charge in [-0.25, -0.2) is 9.78 Å². The maximum atomic E-state index is 10.4. The molecule has 0 aliphatic rings. The van der Waals surface area contributed by atoms with E-state index in [2.05, 4.69) is 4.98 Å². The summed E-state index contributed by atoms with van der Waals surface area (Å²) in [6.07, 6.45) is 3.76. The molecule has 0 unspecified atom stereocenters. The average Bonchev–Trinajstić information content (AvgIpc) is 2.89. The standard InChI is InChI=1S/C15H12N2O3/c18-15(19)10-20-12-6-4-11(5-7-12)13-9-16-14-3-1-2-8-17(13)14/h1-9H,10H2,(H,18,19). The van der Waals surface area contributed by atoms with Gasteiger partial charge in [0.15, 0.2) is 6.61 Å². The zero-order valence-electron chi connectivity index (χ0n) is 10.6. The van der Waals surface area contributed by atoms with Gasteiger partial charge in [-0.15, -0.1) is 0 Å². The first-order valence-electron chi connectivity index (χ1n) is 6.11. The number of hydrogen-bond donors (Lipinski definition) is 1. The maximum absolute atomic E-state index is 10.4. The Balaban J connectivity index is 1.89. The molecule has 0 radical (unpaired) electrons. The van der Waals surface area contributed by atoms with Crippen LogP contribution in [0.25, 0.3) is 16.9 Å². The number of rotatable bonds is 4. The van der Waals surface area contributed by atoms with Crippen LogP contribution in [0.15, 0.2) is 54.9 Å². The van der Waals surface area contributed by atoms with Crippen molar-refractivity contribution in [3.8, 4) is 17.0 Å². The van der Waals surface area contributed by atoms with E-state index < -0.39 is 5.97 Å². The lowest BCUT2D eigenvalue weighted by Gasteiger charge is -2.05. The molecule has 3 aromatic rings. The van der Waals surface area contributed by atoms with Crippen LogP contribution in [0.2, 0.25) is 0 Å². The van der Waals surface area contributed by atoms with Crippen LogP contribution in [-0.2, 0) is 4.79 Å². The van der Waals surface area contributed by atoms with Crippen LogP contribution in [-0.4, -0.2) is 27.1 Å². The second-order valence-electron chi connectivity index (χ2n) is 4.28. The molecule has 0 fully saturated rings. The van der Waals surface area contributed by atoms with Gasteiger partial charge in [0.25, 0.3) is 0 Å². The number of ether oxygens (including phenoxy) is 1. The van der Waals surface area contributed by atoms with Gasteiger partial charge in [0.1, 0.15) is 11.4 Å². The van der Waals surface area contributed by atoms with Crippen molar-refractivity contribution < 1.29 is 14.6 Å². The highest BCUT2D eigenvalue weighted by atomic mass is 16.5. The summed E-state index contributed by atoms with van der Waals surface area (Å²) in [4.78, 5) is 14.8. The third kappa shape index (κ3) is 2.33. The molecule has 1 N–H and O–H groups in total. The lowest BCUT2D eigenvalue weighted by atomic mass is 10.1. The van der Waals surface area contributed by atoms with E-state index in [0.29, 0.717) is 5.75 Å². The van der Waals surface area contributed by atoms with E-state index in [0.717, 1.165) is 16.9 Å². The number of nitrogens with zero attached hydrogens (tertiary/aromatic N) is 2. The number of fused-ring (bicyclic) bond motifs is 1. The van der Waals surface area contributed by atoms with Crippen LogP contribution >= 0.6 is 0 Å². The number of carboxylic acids is 1. The fourth-order valence-corrected chi connectivity index (χ4v) is 2.01. The van der Waals surface area contributed by atoms with E-state index in [9.17, 15) is 4.79 Å². The molecule has 2 aromatic heterocycles. The number of benzene rings is 1. The lowest BCUT2D eigenvalue weighted by molar-refractivity contribution is -0.139. The van der Waals surface area contributed by atoms with Crippen molar-refractivity contribution in [3.05, 3.63) is 54.9 Å². The minimum absolute atomic E-state index is 0.338. The molecule has 3 rings (SSSR count). The number of pyridine rings is 1. The Hall–Kier alpha value is -2.82. The number of carboxylic acid groups (broad SMARTS) is 1. The topological polar surface area (TPSA) is 63.8 Å². The van der Waals surface area contributed by atoms with Crippen molar-refractivity contribution in [1.82, 2.24) is 9.38 Å². The summed E-state index contributed by atoms with van der Waals surface area (Å²) >= 11 is 0. The molecule has 20 heavy (non-hydrogen) atoms. The van der Waals surface area contributed by atoms with E-state index in [1.165, 1.54) is 0 Å². The molecule has 5 nitrogen and oxygen atoms in total. The van der Waals surface area contributed by atoms with Gasteiger partial charge in [-0.05, 0) is 36.4 Å². The molecule has 2 heterocycles. The van der Waals surface area contributed by atoms with E-state index in [4.69, 9.17) is 9.84 Å². The smallest absolute Gasteiger partial charge is 0.341 e. The fraction of sp³-hybridized carbons (Fsp3) is 0.0667. The number of imidazole rings is 1. The first kappa shape index (κ1) is 12.2. The highest BCUT2D eigenvalue weighted by Gasteiger charge is 2.05. The predicted octanol–water partition coefficient (Wildman–Crippen LogP) is 2.46. The Morgan fingerprint density at radius 1 is 1.20 bits per heavy atom. The Morgan fingerprint density at radius 2 is 2.00 bits per heavy atom. The molecule has 0 bridgehead atoms. The molecule has 0 saturated heterocycles. The number of aromatic nitrogens is 2. The van der Waals surface area contributed by atoms with Crippen LogP contribution in [0.4, 0.5) is 0 Å². The van der Waals surface area contributed by atoms with Gasteiger partial charge in [0, 0.05) is 11.8 Å². The highest BCUT2D eigenvalue weighted by Crippen LogP contribution is 2.23. The molecule has 0 saturated carbocycles. The van der Waals surface area contributed by atoms with E-state index in [1.807, 2.05) is 47.1 Å². The zero-order chi connectivity index (χ0) is 13.9. The first-order chi connectivity index (χ1) is 9.74. The summed E-state index contributed by atoms with van der Waals surface area (Å²) in [7, 11) is 0. The number of carbonyl (C=O) groups is 1. The third-order valence-electron chi connectivity index (χ3n) is 2.93. The van der Waals surface area contributed by atoms with Crippen LogP contribution in [0, 0.1) is 0 Å². The molecule has 0 atom stereocenters. The number of aliphatic carboxylic acids is 1. The number of hydrogen-bond acceptors (Lipinski definition) is 3. The molecule has 5 heteroatoms. The highest BCUT2D eigenvalue weighted by molar-refractivity contribution is 5.68. The zero-order valence-corrected chi connectivity index (χ0v) is 10.6. The van der Waals surface area contributed by atoms with Crippen molar-refractivity contribution in [2.75, 3.05) is 6.61 Å². The summed E-state index contributed by atoms with van der Waals surface area (Å²) in [5.74, 6) is -0.458. The molecule has 0 spiro atoms. The van der Waals surface area contributed by atoms with Gasteiger partial charge in [0.05, 0.1) is 11.9 Å². The summed E-state index contributed by atoms with van der Waals surface area (Å²) < 4.78 is 7.10. The van der Waals surface area contributed by atoms with Crippen molar-refractivity contribution >= 4 is 11.6 Å². The maximum Gasteiger partial charge on any atom is 0.341 e. The van der Waals surface area contributed by atoms with E-state index in [1.54, 1.807) is 12.1 Å². The van der Waals surface area contributed by atoms with Crippen LogP contribution in [0.1, 0.15) is 0 Å². The van der Waals surface area contributed by atoms with Gasteiger partial charge >= 0.3 is 5.97 Å². The molecule has 100 valence electrons. The van der Waals surface area contributed by atoms with Gasteiger partial charge < -0.3 is 9.84 Å². The van der Waals surface area contributed by atoms with Crippen molar-refractivity contribution in [2.24, 2.45) is 0 Å². The predicted molar refractivity (Wildman–Crippen MR) is 73.8 cm³/mol. The third-order valence-corrected chi connectivity index (χ3v) is 2.93. The molecular formula is C15H12N2O3. The SMILES string of the molecule is O=C(O)COc1ccc(-c2cnc3ccccn23)cc1. The quantitative estimate of drug-likeness (QED) is 0.789. The Bertz CT molecular complexity index is 747. The molecular weight excluding hydrogens is 256 g/mol. The summed E-state index contributed by atoms with van der Waals surface area (Å²) in [6, 6.07) is 13.1. The fourth-order valence-electron chi connectivity index (χ4n) is 2.01. The summed E-state index contributed by atoms with van der Waals surface area (Å²) in [6.45, 7) is -0.338. The van der Waals surface area contributed by atoms with Crippen molar-refractivity contribution in [3.63, 3.8) is 0 Å². The molecule has 1 aromatic carbocycles. The molecule has 0 aliphatic carbocycles. The molecule has 0 amide bonds. The van der Waals surface area contributed by atoms with Gasteiger partial charge in [-0.3, -0.25) is 4.40 Å². The minimum atomic E-state index is -0.990. The van der Waals surface area contributed by atoms with Crippen molar-refractivity contribution in [1.29, 1.82) is 0 Å². The lowest BCUT2D eigenvalue weighted by Crippen LogP contribution is -2.09. The largest absolute Gasteiger partial charge is 0.482 e. The van der Waals surface area contributed by atoms with Crippen LogP contribution < -0.4 is 4.74 Å². The summed E-state index contributed by atoms with van der Waals surface area (Å²) in [5, 5.41) is 8.56.